The van der Waals surface area contributed by atoms with Gasteiger partial charge in [-0.05, 0) is 70.6 Å². The van der Waals surface area contributed by atoms with E-state index < -0.39 is 35.8 Å². The zero-order valence-corrected chi connectivity index (χ0v) is 57.9. The Bertz CT molecular complexity index is 874. The van der Waals surface area contributed by atoms with Gasteiger partial charge in [-0.25, -0.2) is 0 Å². The molecule has 0 aromatic rings. The number of hydrogen-bond acceptors (Lipinski definition) is 11. The van der Waals surface area contributed by atoms with E-state index in [9.17, 15) is 54.3 Å². The van der Waals surface area contributed by atoms with Crippen LogP contribution < -0.4 is 76.9 Å². The summed E-state index contributed by atoms with van der Waals surface area (Å²) in [6.07, 6.45) is 39.5. The SMILES string of the molecule is CCCCCCCC(=O)O.CCCCCCCC(=O)[O-].CCCCCCCC(=O)[O-].CCCCCCCC(=O)[O-].CCCCCCCC(=O)[O-].CCCCCCCCCCCC(=O)[O-].[Co+2].[K+].[Mn+2].[Mn+2].[Sn+4].[Zn+2]. The average Bonchev–Trinajstić information content (AvgIpc) is 3.23. The molecule has 1 N–H and O–H groups in total. The Morgan fingerprint density at radius 2 is 0.400 bits per heavy atom. The molecule has 0 aliphatic heterocycles. The van der Waals surface area contributed by atoms with Crippen molar-refractivity contribution in [3.8, 4) is 0 Å². The molecule has 0 aromatic carbocycles. The second kappa shape index (κ2) is 96.1. The van der Waals surface area contributed by atoms with Crippen molar-refractivity contribution in [1.29, 1.82) is 0 Å². The molecule has 0 spiro atoms. The van der Waals surface area contributed by atoms with Gasteiger partial charge in [0.05, 0.1) is 0 Å². The van der Waals surface area contributed by atoms with E-state index in [1.54, 1.807) is 0 Å². The molecular weight excluding hydrogens is 1210 g/mol. The van der Waals surface area contributed by atoms with E-state index in [4.69, 9.17) is 5.11 Å². The molecule has 70 heavy (non-hydrogen) atoms. The fourth-order valence-corrected chi connectivity index (χ4v) is 5.95. The van der Waals surface area contributed by atoms with Gasteiger partial charge in [-0.15, -0.1) is 0 Å². The van der Waals surface area contributed by atoms with Crippen molar-refractivity contribution in [3.63, 3.8) is 0 Å². The first kappa shape index (κ1) is 100. The van der Waals surface area contributed by atoms with E-state index in [0.29, 0.717) is 6.42 Å². The largest absolute Gasteiger partial charge is 4.00 e. The molecule has 12 nitrogen and oxygen atoms in total. The minimum absolute atomic E-state index is 0. The zero-order chi connectivity index (χ0) is 49.7. The van der Waals surface area contributed by atoms with E-state index in [1.165, 1.54) is 116 Å². The van der Waals surface area contributed by atoms with Gasteiger partial charge in [-0.3, -0.25) is 4.79 Å². The van der Waals surface area contributed by atoms with Crippen LogP contribution in [-0.2, 0) is 99.2 Å². The summed E-state index contributed by atoms with van der Waals surface area (Å²) in [5, 5.41) is 58.0. The third kappa shape index (κ3) is 145. The Balaban J connectivity index is -0.0000000570. The van der Waals surface area contributed by atoms with E-state index >= 15 is 0 Å². The molecule has 0 unspecified atom stereocenters. The van der Waals surface area contributed by atoms with Gasteiger partial charge in [0.15, 0.2) is 0 Å². The van der Waals surface area contributed by atoms with Gasteiger partial charge in [0.2, 0.25) is 0 Å². The van der Waals surface area contributed by atoms with Gasteiger partial charge >= 0.3 is 152 Å². The average molecular weight is 1310 g/mol. The standard InChI is InChI=1S/C12H24O2.5C8H16O2.Co.K.2Mn.Sn.Zn/c1-2-3-4-5-6-7-8-9-10-11-12(13)14;5*1-2-3-4-5-6-7-8(9)10;;;;;;/h2-11H2,1H3,(H,13,14);5*2-7H2,1H3,(H,9,10);;;;;;/q;;;;;;+2;+1;2*+2;+4;+2/p-5. The maximum atomic E-state index is 10.1. The molecule has 3 radical (unpaired) electrons. The molecule has 0 saturated carbocycles. The zero-order valence-electron chi connectivity index (χ0n) is 45.5. The number of carbonyl (C=O) groups is 6. The third-order valence-electron chi connectivity index (χ3n) is 9.92. The topological polar surface area (TPSA) is 238 Å². The van der Waals surface area contributed by atoms with Crippen molar-refractivity contribution in [2.75, 3.05) is 0 Å². The van der Waals surface area contributed by atoms with Crippen LogP contribution in [-0.4, -0.2) is 64.8 Å². The fourth-order valence-electron chi connectivity index (χ4n) is 5.95. The van der Waals surface area contributed by atoms with Gasteiger partial charge in [0.1, 0.15) is 0 Å². The van der Waals surface area contributed by atoms with Crippen molar-refractivity contribution in [2.45, 2.75) is 298 Å². The van der Waals surface area contributed by atoms with E-state index in [-0.39, 0.29) is 178 Å². The molecule has 0 fully saturated rings. The molecule has 0 aliphatic rings. The van der Waals surface area contributed by atoms with Crippen LogP contribution in [0.5, 0.6) is 0 Å². The quantitative estimate of drug-likeness (QED) is 0.0542. The summed E-state index contributed by atoms with van der Waals surface area (Å²) in [6.45, 7) is 12.9. The second-order valence-corrected chi connectivity index (χ2v) is 16.7. The van der Waals surface area contributed by atoms with Crippen LogP contribution in [0.25, 0.3) is 0 Å². The van der Waals surface area contributed by atoms with Crippen molar-refractivity contribution in [1.82, 2.24) is 0 Å². The minimum Gasteiger partial charge on any atom is -0.550 e. The van der Waals surface area contributed by atoms with Crippen LogP contribution >= 0.6 is 0 Å². The van der Waals surface area contributed by atoms with E-state index in [1.807, 2.05) is 0 Å². The van der Waals surface area contributed by atoms with Gasteiger partial charge in [0, 0.05) is 36.3 Å². The van der Waals surface area contributed by atoms with Crippen molar-refractivity contribution < 1.29 is 181 Å². The number of aliphatic carboxylic acids is 6. The maximum absolute atomic E-state index is 10.1. The molecule has 401 valence electrons. The summed E-state index contributed by atoms with van der Waals surface area (Å²) in [5.74, 6) is -5.26. The van der Waals surface area contributed by atoms with E-state index in [0.717, 1.165) is 103 Å². The normalized spacial score (nSPS) is 9.00. The molecule has 0 amide bonds. The first-order valence-corrected chi connectivity index (χ1v) is 25.8. The van der Waals surface area contributed by atoms with Crippen LogP contribution in [0, 0.1) is 0 Å². The minimum atomic E-state index is -0.920. The number of carbonyl (C=O) groups excluding carboxylic acids is 5. The fraction of sp³-hybridized carbons (Fsp3) is 0.885. The van der Waals surface area contributed by atoms with Gasteiger partial charge < -0.3 is 54.6 Å². The second-order valence-electron chi connectivity index (χ2n) is 16.7. The van der Waals surface area contributed by atoms with Crippen LogP contribution in [0.3, 0.4) is 0 Å². The predicted molar refractivity (Wildman–Crippen MR) is 257 cm³/mol. The smallest absolute Gasteiger partial charge is 0.550 e. The summed E-state index contributed by atoms with van der Waals surface area (Å²) in [6, 6.07) is 0. The maximum Gasteiger partial charge on any atom is 4.00 e. The van der Waals surface area contributed by atoms with E-state index in [2.05, 4.69) is 41.5 Å². The molecule has 0 atom stereocenters. The van der Waals surface area contributed by atoms with Crippen LogP contribution in [0.15, 0.2) is 0 Å². The Morgan fingerprint density at radius 3 is 0.514 bits per heavy atom. The summed E-state index contributed by atoms with van der Waals surface area (Å²) in [7, 11) is 0. The third-order valence-corrected chi connectivity index (χ3v) is 9.92. The van der Waals surface area contributed by atoms with Gasteiger partial charge in [0.25, 0.3) is 0 Å². The predicted octanol–water partition coefficient (Wildman–Crippen LogP) is 6.09. The summed E-state index contributed by atoms with van der Waals surface area (Å²) in [4.78, 5) is 59.8. The summed E-state index contributed by atoms with van der Waals surface area (Å²) >= 11 is 0. The molecule has 0 bridgehead atoms. The molecule has 18 heteroatoms. The molecule has 0 aliphatic carbocycles. The molecule has 0 saturated heterocycles. The molecule has 0 aromatic heterocycles. The van der Waals surface area contributed by atoms with Crippen molar-refractivity contribution >= 4 is 59.7 Å². The molecule has 0 rings (SSSR count). The van der Waals surface area contributed by atoms with Crippen molar-refractivity contribution in [2.24, 2.45) is 0 Å². The Kier molecular flexibility index (Phi) is 138. The Hall–Kier alpha value is 1.42. The molecular formula is C52H99CoKMn2O12SnZn+8. The number of unbranched alkanes of at least 4 members (excludes halogenated alkanes) is 28. The van der Waals surface area contributed by atoms with Crippen LogP contribution in [0.4, 0.5) is 0 Å². The molecule has 0 heterocycles. The first-order valence-electron chi connectivity index (χ1n) is 25.8. The Morgan fingerprint density at radius 1 is 0.286 bits per heavy atom. The monoisotopic (exact) mass is 1310 g/mol. The van der Waals surface area contributed by atoms with Crippen molar-refractivity contribution in [3.05, 3.63) is 0 Å². The number of carboxylic acids is 6. The van der Waals surface area contributed by atoms with Gasteiger partial charge in [-0.2, -0.15) is 0 Å². The van der Waals surface area contributed by atoms with Crippen LogP contribution in [0.2, 0.25) is 0 Å². The summed E-state index contributed by atoms with van der Waals surface area (Å²) in [5.41, 5.74) is 0. The first-order chi connectivity index (χ1) is 30.6. The van der Waals surface area contributed by atoms with Crippen LogP contribution in [0.1, 0.15) is 298 Å². The number of carboxylic acid groups (broad SMARTS) is 6. The number of rotatable bonds is 40. The summed E-state index contributed by atoms with van der Waals surface area (Å²) < 4.78 is 0. The Labute approximate surface area is 533 Å². The van der Waals surface area contributed by atoms with Gasteiger partial charge in [-0.1, -0.05) is 221 Å². The number of hydrogen-bond donors (Lipinski definition) is 1.